The molecular formula is C14H21N3O. The molecule has 3 N–H and O–H groups in total. The Labute approximate surface area is 108 Å². The third kappa shape index (κ3) is 2.82. The highest BCUT2D eigenvalue weighted by Crippen LogP contribution is 2.25. The topological polar surface area (TPSA) is 58.4 Å². The van der Waals surface area contributed by atoms with E-state index in [0.29, 0.717) is 5.56 Å². The second-order valence-electron chi connectivity index (χ2n) is 4.87. The molecule has 0 radical (unpaired) electrons. The highest BCUT2D eigenvalue weighted by atomic mass is 16.1. The number of rotatable bonds is 4. The summed E-state index contributed by atoms with van der Waals surface area (Å²) in [5, 5.41) is 3.23. The molecule has 1 aliphatic rings. The molecule has 98 valence electrons. The van der Waals surface area contributed by atoms with E-state index in [2.05, 4.69) is 10.2 Å². The number of anilines is 1. The Morgan fingerprint density at radius 1 is 1.39 bits per heavy atom. The van der Waals surface area contributed by atoms with E-state index in [1.807, 2.05) is 25.2 Å². The van der Waals surface area contributed by atoms with Gasteiger partial charge in [0.15, 0.2) is 0 Å². The van der Waals surface area contributed by atoms with E-state index in [9.17, 15) is 4.79 Å². The Morgan fingerprint density at radius 3 is 2.67 bits per heavy atom. The maximum Gasteiger partial charge on any atom is 0.250 e. The van der Waals surface area contributed by atoms with E-state index in [4.69, 9.17) is 5.73 Å². The zero-order chi connectivity index (χ0) is 13.0. The molecule has 0 bridgehead atoms. The van der Waals surface area contributed by atoms with Gasteiger partial charge in [-0.25, -0.2) is 0 Å². The molecule has 1 fully saturated rings. The number of nitrogens with two attached hydrogens (primary N) is 1. The number of carbonyl (C=O) groups excluding carboxylic acids is 1. The van der Waals surface area contributed by atoms with Gasteiger partial charge in [0.2, 0.25) is 0 Å². The minimum Gasteiger partial charge on any atom is -0.371 e. The fourth-order valence-electron chi connectivity index (χ4n) is 2.62. The predicted molar refractivity (Wildman–Crippen MR) is 73.8 cm³/mol. The SMILES string of the molecule is CNCC1CCN(c2ccccc2C(N)=O)CC1. The van der Waals surface area contributed by atoms with Crippen molar-refractivity contribution in [2.45, 2.75) is 12.8 Å². The molecule has 1 saturated heterocycles. The summed E-state index contributed by atoms with van der Waals surface area (Å²) in [7, 11) is 1.99. The fourth-order valence-corrected chi connectivity index (χ4v) is 2.62. The number of nitrogens with zero attached hydrogens (tertiary/aromatic N) is 1. The maximum atomic E-state index is 11.4. The largest absolute Gasteiger partial charge is 0.371 e. The molecule has 18 heavy (non-hydrogen) atoms. The summed E-state index contributed by atoms with van der Waals surface area (Å²) >= 11 is 0. The van der Waals surface area contributed by atoms with Crippen LogP contribution in [0.1, 0.15) is 23.2 Å². The van der Waals surface area contributed by atoms with Crippen LogP contribution in [-0.2, 0) is 0 Å². The van der Waals surface area contributed by atoms with E-state index in [1.54, 1.807) is 6.07 Å². The van der Waals surface area contributed by atoms with Crippen LogP contribution in [0.25, 0.3) is 0 Å². The van der Waals surface area contributed by atoms with Gasteiger partial charge in [-0.1, -0.05) is 12.1 Å². The van der Waals surface area contributed by atoms with E-state index < -0.39 is 0 Å². The van der Waals surface area contributed by atoms with Crippen LogP contribution in [0.2, 0.25) is 0 Å². The summed E-state index contributed by atoms with van der Waals surface area (Å²) < 4.78 is 0. The molecule has 1 heterocycles. The fraction of sp³-hybridized carbons (Fsp3) is 0.500. The molecule has 0 aromatic heterocycles. The van der Waals surface area contributed by atoms with Crippen molar-refractivity contribution >= 4 is 11.6 Å². The Balaban J connectivity index is 2.07. The van der Waals surface area contributed by atoms with Crippen LogP contribution in [0.4, 0.5) is 5.69 Å². The average molecular weight is 247 g/mol. The number of nitrogens with one attached hydrogen (secondary N) is 1. The van der Waals surface area contributed by atoms with Gasteiger partial charge in [-0.15, -0.1) is 0 Å². The van der Waals surface area contributed by atoms with Gasteiger partial charge in [0, 0.05) is 18.8 Å². The number of amides is 1. The molecule has 0 spiro atoms. The van der Waals surface area contributed by atoms with Crippen LogP contribution in [-0.4, -0.2) is 32.6 Å². The van der Waals surface area contributed by atoms with Gasteiger partial charge in [-0.3, -0.25) is 4.79 Å². The molecule has 4 nitrogen and oxygen atoms in total. The Bertz CT molecular complexity index is 411. The van der Waals surface area contributed by atoms with Gasteiger partial charge in [-0.05, 0) is 44.5 Å². The lowest BCUT2D eigenvalue weighted by atomic mass is 9.96. The standard InChI is InChI=1S/C14H21N3O/c1-16-10-11-6-8-17(9-7-11)13-5-3-2-4-12(13)14(15)18/h2-5,11,16H,6-10H2,1H3,(H2,15,18). The monoisotopic (exact) mass is 247 g/mol. The van der Waals surface area contributed by atoms with Gasteiger partial charge in [0.25, 0.3) is 5.91 Å². The van der Waals surface area contributed by atoms with Crippen molar-refractivity contribution < 1.29 is 4.79 Å². The lowest BCUT2D eigenvalue weighted by Crippen LogP contribution is -2.37. The van der Waals surface area contributed by atoms with E-state index in [0.717, 1.165) is 44.1 Å². The number of hydrogen-bond acceptors (Lipinski definition) is 3. The van der Waals surface area contributed by atoms with Gasteiger partial charge >= 0.3 is 0 Å². The molecule has 0 aliphatic carbocycles. The van der Waals surface area contributed by atoms with Gasteiger partial charge in [-0.2, -0.15) is 0 Å². The van der Waals surface area contributed by atoms with Crippen LogP contribution < -0.4 is 16.0 Å². The number of hydrogen-bond donors (Lipinski definition) is 2. The molecule has 1 aliphatic heterocycles. The summed E-state index contributed by atoms with van der Waals surface area (Å²) in [6, 6.07) is 7.61. The van der Waals surface area contributed by atoms with Crippen molar-refractivity contribution in [2.75, 3.05) is 31.6 Å². The van der Waals surface area contributed by atoms with Crippen molar-refractivity contribution in [3.8, 4) is 0 Å². The highest BCUT2D eigenvalue weighted by Gasteiger charge is 2.21. The van der Waals surface area contributed by atoms with E-state index >= 15 is 0 Å². The Kier molecular flexibility index (Phi) is 4.20. The third-order valence-corrected chi connectivity index (χ3v) is 3.62. The number of piperidine rings is 1. The van der Waals surface area contributed by atoms with Crippen molar-refractivity contribution in [3.63, 3.8) is 0 Å². The number of benzene rings is 1. The quantitative estimate of drug-likeness (QED) is 0.841. The Morgan fingerprint density at radius 2 is 2.06 bits per heavy atom. The predicted octanol–water partition coefficient (Wildman–Crippen LogP) is 1.22. The second kappa shape index (κ2) is 5.87. The van der Waals surface area contributed by atoms with Crippen LogP contribution in [0, 0.1) is 5.92 Å². The van der Waals surface area contributed by atoms with Crippen LogP contribution >= 0.6 is 0 Å². The molecular weight excluding hydrogens is 226 g/mol. The molecule has 1 aromatic carbocycles. The molecule has 1 aromatic rings. The molecule has 2 rings (SSSR count). The summed E-state index contributed by atoms with van der Waals surface area (Å²) in [5.41, 5.74) is 7.03. The molecule has 1 amide bonds. The molecule has 4 heteroatoms. The summed E-state index contributed by atoms with van der Waals surface area (Å²) in [4.78, 5) is 13.7. The van der Waals surface area contributed by atoms with Crippen LogP contribution in [0.5, 0.6) is 0 Å². The first-order valence-electron chi connectivity index (χ1n) is 6.50. The van der Waals surface area contributed by atoms with Crippen molar-refractivity contribution in [2.24, 2.45) is 11.7 Å². The summed E-state index contributed by atoms with van der Waals surface area (Å²) in [6.45, 7) is 3.07. The zero-order valence-electron chi connectivity index (χ0n) is 10.9. The van der Waals surface area contributed by atoms with Crippen molar-refractivity contribution in [1.29, 1.82) is 0 Å². The van der Waals surface area contributed by atoms with Crippen LogP contribution in [0.3, 0.4) is 0 Å². The van der Waals surface area contributed by atoms with Crippen molar-refractivity contribution in [1.82, 2.24) is 5.32 Å². The molecule has 0 atom stereocenters. The maximum absolute atomic E-state index is 11.4. The first kappa shape index (κ1) is 12.9. The third-order valence-electron chi connectivity index (χ3n) is 3.62. The number of carbonyl (C=O) groups is 1. The smallest absolute Gasteiger partial charge is 0.250 e. The highest BCUT2D eigenvalue weighted by molar-refractivity contribution is 5.98. The normalized spacial score (nSPS) is 16.8. The van der Waals surface area contributed by atoms with Crippen LogP contribution in [0.15, 0.2) is 24.3 Å². The second-order valence-corrected chi connectivity index (χ2v) is 4.87. The zero-order valence-corrected chi connectivity index (χ0v) is 10.9. The lowest BCUT2D eigenvalue weighted by molar-refractivity contribution is 0.100. The van der Waals surface area contributed by atoms with Crippen molar-refractivity contribution in [3.05, 3.63) is 29.8 Å². The average Bonchev–Trinajstić information content (AvgIpc) is 2.40. The first-order chi connectivity index (χ1) is 8.72. The van der Waals surface area contributed by atoms with E-state index in [1.165, 1.54) is 0 Å². The first-order valence-corrected chi connectivity index (χ1v) is 6.50. The minimum absolute atomic E-state index is 0.344. The summed E-state index contributed by atoms with van der Waals surface area (Å²) in [6.07, 6.45) is 2.32. The Hall–Kier alpha value is -1.55. The molecule has 0 saturated carbocycles. The van der Waals surface area contributed by atoms with E-state index in [-0.39, 0.29) is 5.91 Å². The molecule has 0 unspecified atom stereocenters. The summed E-state index contributed by atoms with van der Waals surface area (Å²) in [5.74, 6) is 0.398. The van der Waals surface area contributed by atoms with Gasteiger partial charge in [0.05, 0.1) is 5.56 Å². The lowest BCUT2D eigenvalue weighted by Gasteiger charge is -2.34. The van der Waals surface area contributed by atoms with Gasteiger partial charge in [0.1, 0.15) is 0 Å². The number of primary amides is 1. The minimum atomic E-state index is -0.344. The number of para-hydroxylation sites is 1. The van der Waals surface area contributed by atoms with Gasteiger partial charge < -0.3 is 16.0 Å².